The van der Waals surface area contributed by atoms with Crippen molar-refractivity contribution in [1.82, 2.24) is 0 Å². The zero-order valence-electron chi connectivity index (χ0n) is 15.2. The molecule has 0 aliphatic carbocycles. The zero-order chi connectivity index (χ0) is 18.4. The third-order valence-corrected chi connectivity index (χ3v) is 9.41. The van der Waals surface area contributed by atoms with Crippen LogP contribution in [0.2, 0.25) is 0 Å². The SMILES string of the molecule is C(=C[Si](c1ccccc1)(c1ccccc1)c1ccccc1)c1ccccc1. The van der Waals surface area contributed by atoms with Gasteiger partial charge in [-0.3, -0.25) is 0 Å². The second kappa shape index (κ2) is 8.03. The highest BCUT2D eigenvalue weighted by atomic mass is 28.3. The lowest BCUT2D eigenvalue weighted by Crippen LogP contribution is -2.66. The molecule has 0 unspecified atom stereocenters. The average Bonchev–Trinajstić information content (AvgIpc) is 2.77. The maximum absolute atomic E-state index is 2.47. The minimum Gasteiger partial charge on any atom is -0.0812 e. The second-order valence-corrected chi connectivity index (χ2v) is 10.3. The third-order valence-electron chi connectivity index (χ3n) is 5.01. The van der Waals surface area contributed by atoms with E-state index in [1.54, 1.807) is 0 Å². The van der Waals surface area contributed by atoms with Gasteiger partial charge in [-0.15, -0.1) is 0 Å². The van der Waals surface area contributed by atoms with Gasteiger partial charge >= 0.3 is 0 Å². The molecular weight excluding hydrogens is 340 g/mol. The Balaban J connectivity index is 1.99. The van der Waals surface area contributed by atoms with Crippen molar-refractivity contribution >= 4 is 29.7 Å². The van der Waals surface area contributed by atoms with Crippen LogP contribution in [0.15, 0.2) is 127 Å². The van der Waals surface area contributed by atoms with Crippen LogP contribution in [0.1, 0.15) is 5.56 Å². The van der Waals surface area contributed by atoms with E-state index in [1.807, 2.05) is 0 Å². The predicted molar refractivity (Wildman–Crippen MR) is 119 cm³/mol. The molecule has 0 radical (unpaired) electrons. The molecule has 4 rings (SSSR count). The van der Waals surface area contributed by atoms with Gasteiger partial charge < -0.3 is 0 Å². The standard InChI is InChI=1S/C26H22Si/c1-5-13-23(14-6-1)21-22-27(24-15-7-2-8-16-24,25-17-9-3-10-18-25)26-19-11-4-12-20-26/h1-22H. The van der Waals surface area contributed by atoms with E-state index in [2.05, 4.69) is 133 Å². The fourth-order valence-corrected chi connectivity index (χ4v) is 7.85. The Morgan fingerprint density at radius 3 is 1.11 bits per heavy atom. The molecule has 0 bridgehead atoms. The van der Waals surface area contributed by atoms with Gasteiger partial charge in [-0.05, 0) is 21.1 Å². The van der Waals surface area contributed by atoms with Crippen molar-refractivity contribution in [2.45, 2.75) is 0 Å². The van der Waals surface area contributed by atoms with Crippen LogP contribution in [0.25, 0.3) is 6.08 Å². The molecule has 4 aromatic rings. The molecule has 0 spiro atoms. The van der Waals surface area contributed by atoms with Gasteiger partial charge in [-0.25, -0.2) is 0 Å². The van der Waals surface area contributed by atoms with Gasteiger partial charge in [0.1, 0.15) is 0 Å². The first-order valence-corrected chi connectivity index (χ1v) is 11.4. The van der Waals surface area contributed by atoms with Gasteiger partial charge in [-0.2, -0.15) is 0 Å². The molecule has 4 aromatic carbocycles. The van der Waals surface area contributed by atoms with Gasteiger partial charge in [0.15, 0.2) is 8.07 Å². The molecule has 1 heteroatoms. The molecule has 130 valence electrons. The number of hydrogen-bond donors (Lipinski definition) is 0. The first-order chi connectivity index (χ1) is 13.4. The van der Waals surface area contributed by atoms with E-state index in [1.165, 1.54) is 21.1 Å². The number of rotatable bonds is 5. The molecule has 0 fully saturated rings. The Hall–Kier alpha value is -3.16. The predicted octanol–water partition coefficient (Wildman–Crippen LogP) is 4.41. The number of benzene rings is 4. The fourth-order valence-electron chi connectivity index (χ4n) is 3.68. The van der Waals surface area contributed by atoms with Crippen LogP contribution in [0.3, 0.4) is 0 Å². The van der Waals surface area contributed by atoms with Crippen LogP contribution in [-0.4, -0.2) is 8.07 Å². The lowest BCUT2D eigenvalue weighted by atomic mass is 10.2. The maximum Gasteiger partial charge on any atom is 0.172 e. The number of hydrogen-bond acceptors (Lipinski definition) is 0. The molecule has 0 aliphatic rings. The Labute approximate surface area is 162 Å². The molecule has 0 atom stereocenters. The Morgan fingerprint density at radius 1 is 0.407 bits per heavy atom. The van der Waals surface area contributed by atoms with Crippen molar-refractivity contribution in [2.75, 3.05) is 0 Å². The lowest BCUT2D eigenvalue weighted by molar-refractivity contribution is 1.66. The smallest absolute Gasteiger partial charge is 0.0812 e. The molecular formula is C26H22Si. The van der Waals surface area contributed by atoms with Crippen molar-refractivity contribution in [3.05, 3.63) is 133 Å². The monoisotopic (exact) mass is 362 g/mol. The summed E-state index contributed by atoms with van der Waals surface area (Å²) in [5, 5.41) is 4.19. The summed E-state index contributed by atoms with van der Waals surface area (Å²) in [5.41, 5.74) is 3.71. The highest BCUT2D eigenvalue weighted by Gasteiger charge is 2.36. The van der Waals surface area contributed by atoms with Gasteiger partial charge in [-0.1, -0.05) is 133 Å². The molecule has 0 N–H and O–H groups in total. The Morgan fingerprint density at radius 2 is 0.741 bits per heavy atom. The van der Waals surface area contributed by atoms with Crippen molar-refractivity contribution in [2.24, 2.45) is 0 Å². The Bertz CT molecular complexity index is 894. The van der Waals surface area contributed by atoms with Gasteiger partial charge in [0.05, 0.1) is 0 Å². The van der Waals surface area contributed by atoms with E-state index in [0.29, 0.717) is 0 Å². The first kappa shape index (κ1) is 17.3. The quantitative estimate of drug-likeness (QED) is 0.364. The largest absolute Gasteiger partial charge is 0.172 e. The van der Waals surface area contributed by atoms with Crippen LogP contribution in [0, 0.1) is 0 Å². The zero-order valence-corrected chi connectivity index (χ0v) is 16.2. The summed E-state index contributed by atoms with van der Waals surface area (Å²) in [6.07, 6.45) is 2.29. The van der Waals surface area contributed by atoms with Crippen molar-refractivity contribution in [1.29, 1.82) is 0 Å². The van der Waals surface area contributed by atoms with Crippen molar-refractivity contribution < 1.29 is 0 Å². The van der Waals surface area contributed by atoms with Gasteiger partial charge in [0, 0.05) is 0 Å². The van der Waals surface area contributed by atoms with Gasteiger partial charge in [0.2, 0.25) is 0 Å². The molecule has 0 nitrogen and oxygen atoms in total. The third kappa shape index (κ3) is 3.55. The molecule has 27 heavy (non-hydrogen) atoms. The second-order valence-electron chi connectivity index (χ2n) is 6.65. The molecule has 0 saturated heterocycles. The average molecular weight is 363 g/mol. The summed E-state index contributed by atoms with van der Waals surface area (Å²) in [4.78, 5) is 0. The highest BCUT2D eigenvalue weighted by Crippen LogP contribution is 2.12. The molecule has 0 amide bonds. The van der Waals surface area contributed by atoms with E-state index in [-0.39, 0.29) is 0 Å². The van der Waals surface area contributed by atoms with Crippen LogP contribution >= 0.6 is 0 Å². The molecule has 0 saturated carbocycles. The minimum absolute atomic E-state index is 1.23. The van der Waals surface area contributed by atoms with Crippen LogP contribution < -0.4 is 15.6 Å². The van der Waals surface area contributed by atoms with Crippen molar-refractivity contribution in [3.8, 4) is 0 Å². The van der Waals surface area contributed by atoms with Crippen LogP contribution in [0.5, 0.6) is 0 Å². The summed E-state index contributed by atoms with van der Waals surface area (Å²) in [6, 6.07) is 43.5. The molecule has 0 aromatic heterocycles. The van der Waals surface area contributed by atoms with Crippen LogP contribution in [0.4, 0.5) is 0 Å². The van der Waals surface area contributed by atoms with E-state index in [9.17, 15) is 0 Å². The lowest BCUT2D eigenvalue weighted by Gasteiger charge is -2.30. The minimum atomic E-state index is -2.29. The fraction of sp³-hybridized carbons (Fsp3) is 0. The summed E-state index contributed by atoms with van der Waals surface area (Å²) < 4.78 is 0. The van der Waals surface area contributed by atoms with Gasteiger partial charge in [0.25, 0.3) is 0 Å². The van der Waals surface area contributed by atoms with E-state index >= 15 is 0 Å². The summed E-state index contributed by atoms with van der Waals surface area (Å²) in [7, 11) is -2.29. The first-order valence-electron chi connectivity index (χ1n) is 9.30. The molecule has 0 aliphatic heterocycles. The maximum atomic E-state index is 2.47. The van der Waals surface area contributed by atoms with Crippen molar-refractivity contribution in [3.63, 3.8) is 0 Å². The summed E-state index contributed by atoms with van der Waals surface area (Å²) >= 11 is 0. The summed E-state index contributed by atoms with van der Waals surface area (Å²) in [6.45, 7) is 0. The van der Waals surface area contributed by atoms with E-state index in [4.69, 9.17) is 0 Å². The normalized spacial score (nSPS) is 11.6. The molecule has 0 heterocycles. The van der Waals surface area contributed by atoms with E-state index in [0.717, 1.165) is 0 Å². The summed E-state index contributed by atoms with van der Waals surface area (Å²) in [5.74, 6) is 0. The Kier molecular flexibility index (Phi) is 5.13. The van der Waals surface area contributed by atoms with Crippen LogP contribution in [-0.2, 0) is 0 Å². The highest BCUT2D eigenvalue weighted by molar-refractivity contribution is 7.15. The topological polar surface area (TPSA) is 0 Å². The van der Waals surface area contributed by atoms with E-state index < -0.39 is 8.07 Å².